The number of carbonyl (C=O) groups excluding carboxylic acids is 1. The Morgan fingerprint density at radius 3 is 2.61 bits per heavy atom. The van der Waals surface area contributed by atoms with Crippen molar-refractivity contribution in [2.24, 2.45) is 5.92 Å². The lowest BCUT2D eigenvalue weighted by Gasteiger charge is -2.30. The van der Waals surface area contributed by atoms with Crippen molar-refractivity contribution < 1.29 is 27.1 Å². The van der Waals surface area contributed by atoms with Gasteiger partial charge in [0.2, 0.25) is 0 Å². The Kier molecular flexibility index (Phi) is 5.54. The normalized spacial score (nSPS) is 16.1. The van der Waals surface area contributed by atoms with E-state index in [0.29, 0.717) is 4.47 Å². The molecule has 0 aliphatic heterocycles. The zero-order valence-corrected chi connectivity index (χ0v) is 14.0. The van der Waals surface area contributed by atoms with Crippen LogP contribution in [0, 0.1) is 11.7 Å². The Labute approximate surface area is 139 Å². The molecule has 0 bridgehead atoms. The zero-order valence-electron chi connectivity index (χ0n) is 12.4. The lowest BCUT2D eigenvalue weighted by atomic mass is 10.2. The van der Waals surface area contributed by atoms with Crippen molar-refractivity contribution in [1.29, 1.82) is 0 Å². The Balaban J connectivity index is 2.01. The van der Waals surface area contributed by atoms with Crippen molar-refractivity contribution in [3.63, 3.8) is 0 Å². The first-order valence-corrected chi connectivity index (χ1v) is 7.91. The van der Waals surface area contributed by atoms with Gasteiger partial charge in [0.05, 0.1) is 4.47 Å². The maximum atomic E-state index is 13.0. The van der Waals surface area contributed by atoms with Crippen molar-refractivity contribution in [2.75, 3.05) is 13.2 Å². The van der Waals surface area contributed by atoms with Gasteiger partial charge in [-0.2, -0.15) is 13.2 Å². The summed E-state index contributed by atoms with van der Waals surface area (Å²) in [5, 5.41) is 0. The molecule has 1 aromatic rings. The Morgan fingerprint density at radius 2 is 2.09 bits per heavy atom. The highest BCUT2D eigenvalue weighted by atomic mass is 79.9. The molecule has 1 saturated carbocycles. The van der Waals surface area contributed by atoms with E-state index in [1.807, 2.05) is 0 Å². The number of hydrogen-bond acceptors (Lipinski definition) is 2. The average Bonchev–Trinajstić information content (AvgIpc) is 3.26. The van der Waals surface area contributed by atoms with E-state index in [9.17, 15) is 22.4 Å². The van der Waals surface area contributed by atoms with Crippen LogP contribution in [0.4, 0.5) is 17.6 Å². The molecule has 1 aliphatic carbocycles. The lowest BCUT2D eigenvalue weighted by molar-refractivity contribution is -0.167. The van der Waals surface area contributed by atoms with Gasteiger partial charge in [-0.3, -0.25) is 4.79 Å². The summed E-state index contributed by atoms with van der Waals surface area (Å²) >= 11 is 3.08. The fraction of sp³-hybridized carbons (Fsp3) is 0.533. The number of benzene rings is 1. The third kappa shape index (κ3) is 5.37. The van der Waals surface area contributed by atoms with Crippen LogP contribution < -0.4 is 4.74 Å². The zero-order chi connectivity index (χ0) is 17.2. The molecule has 128 valence electrons. The van der Waals surface area contributed by atoms with Gasteiger partial charge in [-0.15, -0.1) is 0 Å². The number of ether oxygens (including phenoxy) is 1. The van der Waals surface area contributed by atoms with Crippen LogP contribution in [0.25, 0.3) is 0 Å². The second-order valence-corrected chi connectivity index (χ2v) is 6.43. The van der Waals surface area contributed by atoms with E-state index in [1.165, 1.54) is 6.07 Å². The third-order valence-electron chi connectivity index (χ3n) is 3.71. The van der Waals surface area contributed by atoms with Crippen LogP contribution in [-0.2, 0) is 4.79 Å². The van der Waals surface area contributed by atoms with Crippen LogP contribution in [0.15, 0.2) is 22.7 Å². The van der Waals surface area contributed by atoms with Crippen molar-refractivity contribution >= 4 is 21.8 Å². The average molecular weight is 398 g/mol. The summed E-state index contributed by atoms with van der Waals surface area (Å²) in [7, 11) is 0. The van der Waals surface area contributed by atoms with Gasteiger partial charge in [-0.25, -0.2) is 4.39 Å². The van der Waals surface area contributed by atoms with Crippen molar-refractivity contribution in [3.05, 3.63) is 28.5 Å². The molecule has 0 spiro atoms. The van der Waals surface area contributed by atoms with Gasteiger partial charge in [0.1, 0.15) is 18.1 Å². The second-order valence-electron chi connectivity index (χ2n) is 5.58. The molecule has 0 saturated heterocycles. The topological polar surface area (TPSA) is 29.5 Å². The molecular formula is C15H16BrF4NO2. The molecule has 23 heavy (non-hydrogen) atoms. The first-order valence-electron chi connectivity index (χ1n) is 7.11. The van der Waals surface area contributed by atoms with Gasteiger partial charge in [0.25, 0.3) is 5.91 Å². The number of alkyl halides is 3. The van der Waals surface area contributed by atoms with Crippen LogP contribution in [-0.4, -0.2) is 36.2 Å². The van der Waals surface area contributed by atoms with E-state index >= 15 is 0 Å². The molecule has 1 aliphatic rings. The van der Waals surface area contributed by atoms with Gasteiger partial charge in [0.15, 0.2) is 6.61 Å². The number of halogens is 5. The van der Waals surface area contributed by atoms with E-state index in [2.05, 4.69) is 15.9 Å². The molecule has 0 radical (unpaired) electrons. The first-order chi connectivity index (χ1) is 10.7. The fourth-order valence-corrected chi connectivity index (χ4v) is 2.77. The monoisotopic (exact) mass is 397 g/mol. The summed E-state index contributed by atoms with van der Waals surface area (Å²) in [6.45, 7) is -0.204. The lowest BCUT2D eigenvalue weighted by Crippen LogP contribution is -2.47. The Hall–Kier alpha value is -1.31. The van der Waals surface area contributed by atoms with Crippen LogP contribution >= 0.6 is 15.9 Å². The van der Waals surface area contributed by atoms with E-state index in [1.54, 1.807) is 6.92 Å². The quantitative estimate of drug-likeness (QED) is 0.674. The van der Waals surface area contributed by atoms with Crippen molar-refractivity contribution in [3.8, 4) is 5.75 Å². The molecule has 2 rings (SSSR count). The second kappa shape index (κ2) is 7.07. The van der Waals surface area contributed by atoms with Crippen LogP contribution in [0.5, 0.6) is 5.75 Å². The molecule has 1 amide bonds. The number of rotatable bonds is 6. The molecule has 1 aromatic carbocycles. The Morgan fingerprint density at radius 1 is 1.43 bits per heavy atom. The number of amides is 1. The fourth-order valence-electron chi connectivity index (χ4n) is 2.30. The third-order valence-corrected chi connectivity index (χ3v) is 4.33. The van der Waals surface area contributed by atoms with Crippen molar-refractivity contribution in [2.45, 2.75) is 32.0 Å². The predicted octanol–water partition coefficient (Wildman–Crippen LogP) is 4.16. The molecule has 1 atom stereocenters. The highest BCUT2D eigenvalue weighted by Crippen LogP contribution is 2.36. The minimum absolute atomic E-state index is 0.110. The first kappa shape index (κ1) is 18.0. The van der Waals surface area contributed by atoms with Gasteiger partial charge >= 0.3 is 6.18 Å². The van der Waals surface area contributed by atoms with Gasteiger partial charge in [-0.05, 0) is 59.8 Å². The molecule has 3 nitrogen and oxygen atoms in total. The minimum atomic E-state index is -4.46. The maximum Gasteiger partial charge on any atom is 0.406 e. The summed E-state index contributed by atoms with van der Waals surface area (Å²) < 4.78 is 56.6. The molecule has 1 unspecified atom stereocenters. The molecule has 1 fully saturated rings. The number of nitrogens with zero attached hydrogens (tertiary/aromatic N) is 1. The summed E-state index contributed by atoms with van der Waals surface area (Å²) in [4.78, 5) is 13.0. The van der Waals surface area contributed by atoms with E-state index in [4.69, 9.17) is 4.74 Å². The molecule has 0 aromatic heterocycles. The van der Waals surface area contributed by atoms with Gasteiger partial charge < -0.3 is 9.64 Å². The number of carbonyl (C=O) groups is 1. The van der Waals surface area contributed by atoms with Gasteiger partial charge in [-0.1, -0.05) is 0 Å². The largest absolute Gasteiger partial charge is 0.483 e. The van der Waals surface area contributed by atoms with Crippen molar-refractivity contribution in [1.82, 2.24) is 4.90 Å². The number of hydrogen-bond donors (Lipinski definition) is 0. The molecule has 8 heteroatoms. The van der Waals surface area contributed by atoms with Crippen LogP contribution in [0.2, 0.25) is 0 Å². The maximum absolute atomic E-state index is 13.0. The molecule has 0 heterocycles. The Bertz CT molecular complexity index is 575. The van der Waals surface area contributed by atoms with E-state index in [0.717, 1.165) is 29.9 Å². The molecular weight excluding hydrogens is 382 g/mol. The highest BCUT2D eigenvalue weighted by molar-refractivity contribution is 9.10. The standard InChI is InChI=1S/C15H16BrF4NO2/c1-9(10-2-3-10)21(8-15(18,19)20)14(22)7-23-13-5-4-11(17)6-12(13)16/h4-6,9-10H,2-3,7-8H2,1H3. The summed E-state index contributed by atoms with van der Waals surface area (Å²) in [6.07, 6.45) is -2.81. The minimum Gasteiger partial charge on any atom is -0.483 e. The van der Waals surface area contributed by atoms with Crippen LogP contribution in [0.3, 0.4) is 0 Å². The predicted molar refractivity (Wildman–Crippen MR) is 79.5 cm³/mol. The smallest absolute Gasteiger partial charge is 0.406 e. The summed E-state index contributed by atoms with van der Waals surface area (Å²) in [5.41, 5.74) is 0. The summed E-state index contributed by atoms with van der Waals surface area (Å²) in [5.74, 6) is -0.917. The van der Waals surface area contributed by atoms with Crippen LogP contribution in [0.1, 0.15) is 19.8 Å². The SMILES string of the molecule is CC(C1CC1)N(CC(F)(F)F)C(=O)COc1ccc(F)cc1Br. The van der Waals surface area contributed by atoms with Gasteiger partial charge in [0, 0.05) is 6.04 Å². The highest BCUT2D eigenvalue weighted by Gasteiger charge is 2.40. The molecule has 0 N–H and O–H groups in total. The van der Waals surface area contributed by atoms with E-state index in [-0.39, 0.29) is 11.7 Å². The summed E-state index contributed by atoms with van der Waals surface area (Å²) in [6, 6.07) is 3.13. The van der Waals surface area contributed by atoms with E-state index < -0.39 is 37.1 Å².